The summed E-state index contributed by atoms with van der Waals surface area (Å²) in [4.78, 5) is 31.1. The Kier molecular flexibility index (Phi) is 4.66. The molecule has 0 spiro atoms. The van der Waals surface area contributed by atoms with E-state index in [1.807, 2.05) is 36.4 Å². The van der Waals surface area contributed by atoms with Crippen molar-refractivity contribution in [3.63, 3.8) is 0 Å². The summed E-state index contributed by atoms with van der Waals surface area (Å²) in [5.41, 5.74) is 1.42. The molecule has 2 aliphatic rings. The molecule has 1 unspecified atom stereocenters. The van der Waals surface area contributed by atoms with Gasteiger partial charge < -0.3 is 24.4 Å². The van der Waals surface area contributed by atoms with E-state index in [9.17, 15) is 9.59 Å². The normalized spacial score (nSPS) is 17.4. The standard InChI is InChI=1S/C21H19N3O5S/c1-12-20(26)24(14-4-2-3-5-15(14)29-12)7-6-19(25)23-21-22-13-10-16-17(11-18(13)30-21)28-9-8-27-16/h2-5,10-12H,6-9H2,1H3,(H,22,23,25). The van der Waals surface area contributed by atoms with E-state index in [2.05, 4.69) is 10.3 Å². The molecule has 0 bridgehead atoms. The van der Waals surface area contributed by atoms with Crippen molar-refractivity contribution in [2.75, 3.05) is 30.0 Å². The minimum Gasteiger partial charge on any atom is -0.486 e. The second-order valence-corrected chi connectivity index (χ2v) is 8.03. The van der Waals surface area contributed by atoms with Crippen molar-refractivity contribution in [2.24, 2.45) is 0 Å². The van der Waals surface area contributed by atoms with Crippen molar-refractivity contribution in [3.8, 4) is 17.2 Å². The molecule has 0 radical (unpaired) electrons. The lowest BCUT2D eigenvalue weighted by molar-refractivity contribution is -0.125. The maximum absolute atomic E-state index is 12.5. The smallest absolute Gasteiger partial charge is 0.267 e. The van der Waals surface area contributed by atoms with Crippen LogP contribution in [0, 0.1) is 0 Å². The summed E-state index contributed by atoms with van der Waals surface area (Å²) in [6, 6.07) is 11.0. The number of fused-ring (bicyclic) bond motifs is 3. The van der Waals surface area contributed by atoms with E-state index >= 15 is 0 Å². The van der Waals surface area contributed by atoms with E-state index in [0.717, 1.165) is 10.2 Å². The Hall–Kier alpha value is -3.33. The lowest BCUT2D eigenvalue weighted by Gasteiger charge is -2.32. The van der Waals surface area contributed by atoms with Gasteiger partial charge in [-0.15, -0.1) is 0 Å². The van der Waals surface area contributed by atoms with Gasteiger partial charge in [0, 0.05) is 25.1 Å². The van der Waals surface area contributed by atoms with Crippen LogP contribution in [-0.4, -0.2) is 42.7 Å². The van der Waals surface area contributed by atoms with Crippen LogP contribution in [0.5, 0.6) is 17.2 Å². The summed E-state index contributed by atoms with van der Waals surface area (Å²) in [6.07, 6.45) is -0.437. The zero-order chi connectivity index (χ0) is 20.7. The van der Waals surface area contributed by atoms with Crippen LogP contribution in [0.2, 0.25) is 0 Å². The van der Waals surface area contributed by atoms with Gasteiger partial charge in [0.05, 0.1) is 15.9 Å². The fraction of sp³-hybridized carbons (Fsp3) is 0.286. The highest BCUT2D eigenvalue weighted by Crippen LogP contribution is 2.38. The number of carbonyl (C=O) groups is 2. The summed E-state index contributed by atoms with van der Waals surface area (Å²) in [5.74, 6) is 1.62. The zero-order valence-electron chi connectivity index (χ0n) is 16.2. The molecule has 1 aromatic heterocycles. The molecule has 8 nitrogen and oxygen atoms in total. The molecule has 0 aliphatic carbocycles. The van der Waals surface area contributed by atoms with E-state index in [0.29, 0.717) is 41.3 Å². The molecule has 3 heterocycles. The molecular weight excluding hydrogens is 406 g/mol. The van der Waals surface area contributed by atoms with Crippen LogP contribution in [0.4, 0.5) is 10.8 Å². The topological polar surface area (TPSA) is 90.0 Å². The average Bonchev–Trinajstić information content (AvgIpc) is 3.13. The van der Waals surface area contributed by atoms with Crippen LogP contribution in [0.1, 0.15) is 13.3 Å². The van der Waals surface area contributed by atoms with Gasteiger partial charge in [-0.05, 0) is 19.1 Å². The van der Waals surface area contributed by atoms with Crippen LogP contribution >= 0.6 is 11.3 Å². The van der Waals surface area contributed by atoms with Crippen molar-refractivity contribution in [2.45, 2.75) is 19.4 Å². The summed E-state index contributed by atoms with van der Waals surface area (Å²) in [7, 11) is 0. The van der Waals surface area contributed by atoms with Gasteiger partial charge >= 0.3 is 0 Å². The van der Waals surface area contributed by atoms with E-state index < -0.39 is 6.10 Å². The third-order valence-electron chi connectivity index (χ3n) is 4.93. The second-order valence-electron chi connectivity index (χ2n) is 7.00. The number of aromatic nitrogens is 1. The number of thiazole rings is 1. The van der Waals surface area contributed by atoms with E-state index in [1.54, 1.807) is 11.8 Å². The lowest BCUT2D eigenvalue weighted by Crippen LogP contribution is -2.45. The van der Waals surface area contributed by atoms with E-state index in [1.165, 1.54) is 11.3 Å². The summed E-state index contributed by atoms with van der Waals surface area (Å²) >= 11 is 1.37. The van der Waals surface area contributed by atoms with Crippen LogP contribution in [0.15, 0.2) is 36.4 Å². The number of nitrogens with one attached hydrogen (secondary N) is 1. The van der Waals surface area contributed by atoms with E-state index in [-0.39, 0.29) is 24.8 Å². The number of anilines is 2. The van der Waals surface area contributed by atoms with Gasteiger partial charge in [-0.1, -0.05) is 23.5 Å². The fourth-order valence-corrected chi connectivity index (χ4v) is 4.40. The summed E-state index contributed by atoms with van der Waals surface area (Å²) in [6.45, 7) is 2.99. The molecule has 2 aliphatic heterocycles. The van der Waals surface area contributed by atoms with Crippen molar-refractivity contribution < 1.29 is 23.8 Å². The third kappa shape index (κ3) is 3.41. The van der Waals surface area contributed by atoms with Gasteiger partial charge in [-0.2, -0.15) is 0 Å². The average molecular weight is 425 g/mol. The second kappa shape index (κ2) is 7.49. The maximum Gasteiger partial charge on any atom is 0.267 e. The number of ether oxygens (including phenoxy) is 3. The number of benzene rings is 2. The Labute approximate surface area is 176 Å². The first-order valence-electron chi connectivity index (χ1n) is 9.65. The predicted octanol–water partition coefficient (Wildman–Crippen LogP) is 3.21. The molecule has 9 heteroatoms. The van der Waals surface area contributed by atoms with Crippen molar-refractivity contribution >= 4 is 44.2 Å². The van der Waals surface area contributed by atoms with Gasteiger partial charge in [-0.3, -0.25) is 9.59 Å². The molecule has 1 N–H and O–H groups in total. The van der Waals surface area contributed by atoms with Gasteiger partial charge in [0.2, 0.25) is 5.91 Å². The maximum atomic E-state index is 12.5. The summed E-state index contributed by atoms with van der Waals surface area (Å²) in [5, 5.41) is 3.33. The molecule has 2 amide bonds. The molecule has 5 rings (SSSR count). The monoisotopic (exact) mass is 425 g/mol. The Morgan fingerprint density at radius 1 is 1.20 bits per heavy atom. The highest BCUT2D eigenvalue weighted by molar-refractivity contribution is 7.22. The SMILES string of the molecule is CC1Oc2ccccc2N(CCC(=O)Nc2nc3cc4c(cc3s2)OCCO4)C1=O. The van der Waals surface area contributed by atoms with Crippen LogP contribution in [0.25, 0.3) is 10.2 Å². The first-order valence-corrected chi connectivity index (χ1v) is 10.5. The van der Waals surface area contributed by atoms with Gasteiger partial charge in [-0.25, -0.2) is 4.98 Å². The first kappa shape index (κ1) is 18.7. The van der Waals surface area contributed by atoms with Gasteiger partial charge in [0.15, 0.2) is 22.7 Å². The van der Waals surface area contributed by atoms with E-state index in [4.69, 9.17) is 14.2 Å². The van der Waals surface area contributed by atoms with Gasteiger partial charge in [0.25, 0.3) is 5.91 Å². The summed E-state index contributed by atoms with van der Waals surface area (Å²) < 4.78 is 17.7. The molecule has 0 saturated heterocycles. The quantitative estimate of drug-likeness (QED) is 0.690. The number of hydrogen-bond donors (Lipinski definition) is 1. The lowest BCUT2D eigenvalue weighted by atomic mass is 10.1. The van der Waals surface area contributed by atoms with Crippen LogP contribution < -0.4 is 24.4 Å². The molecular formula is C21H19N3O5S. The van der Waals surface area contributed by atoms with Crippen LogP contribution in [0.3, 0.4) is 0 Å². The number of hydrogen-bond acceptors (Lipinski definition) is 7. The number of carbonyl (C=O) groups excluding carboxylic acids is 2. The number of para-hydroxylation sites is 2. The Bertz CT molecular complexity index is 1100. The largest absolute Gasteiger partial charge is 0.486 e. The first-order chi connectivity index (χ1) is 14.6. The minimum absolute atomic E-state index is 0.144. The zero-order valence-corrected chi connectivity index (χ0v) is 17.0. The Balaban J connectivity index is 1.28. The number of rotatable bonds is 4. The molecule has 154 valence electrons. The molecule has 0 fully saturated rings. The van der Waals surface area contributed by atoms with Crippen molar-refractivity contribution in [1.82, 2.24) is 4.98 Å². The molecule has 0 saturated carbocycles. The third-order valence-corrected chi connectivity index (χ3v) is 5.87. The number of nitrogens with zero attached hydrogens (tertiary/aromatic N) is 2. The number of amides is 2. The Morgan fingerprint density at radius 2 is 1.97 bits per heavy atom. The minimum atomic E-state index is -0.581. The van der Waals surface area contributed by atoms with Crippen molar-refractivity contribution in [1.29, 1.82) is 0 Å². The Morgan fingerprint density at radius 3 is 2.80 bits per heavy atom. The highest BCUT2D eigenvalue weighted by atomic mass is 32.1. The van der Waals surface area contributed by atoms with Crippen molar-refractivity contribution in [3.05, 3.63) is 36.4 Å². The molecule has 30 heavy (non-hydrogen) atoms. The predicted molar refractivity (Wildman–Crippen MR) is 113 cm³/mol. The fourth-order valence-electron chi connectivity index (χ4n) is 3.50. The van der Waals surface area contributed by atoms with Gasteiger partial charge in [0.1, 0.15) is 19.0 Å². The van der Waals surface area contributed by atoms with Crippen LogP contribution in [-0.2, 0) is 9.59 Å². The molecule has 2 aromatic carbocycles. The molecule has 1 atom stereocenters. The highest BCUT2D eigenvalue weighted by Gasteiger charge is 2.31. The molecule has 3 aromatic rings.